The number of piperidine rings is 1. The number of ether oxygens (including phenoxy) is 1. The van der Waals surface area contributed by atoms with Gasteiger partial charge in [-0.25, -0.2) is 0 Å². The van der Waals surface area contributed by atoms with Crippen LogP contribution in [0.2, 0.25) is 0 Å². The molecular formula is C17H32N2O. The first-order valence-electron chi connectivity index (χ1n) is 8.88. The maximum atomic E-state index is 6.56. The molecule has 0 radical (unpaired) electrons. The summed E-state index contributed by atoms with van der Waals surface area (Å²) in [6.07, 6.45) is 14.1. The lowest BCUT2D eigenvalue weighted by Gasteiger charge is -2.38. The van der Waals surface area contributed by atoms with Crippen LogP contribution < -0.4 is 5.32 Å². The van der Waals surface area contributed by atoms with E-state index in [1.54, 1.807) is 0 Å². The molecule has 0 bridgehead atoms. The number of rotatable bonds is 4. The van der Waals surface area contributed by atoms with Gasteiger partial charge in [0, 0.05) is 19.1 Å². The van der Waals surface area contributed by atoms with Crippen LogP contribution in [0.25, 0.3) is 0 Å². The Bertz CT molecular complexity index is 299. The SMILES string of the molecule is CNCC1CCCCN1CC1CCC2(CCCCC2)O1. The molecule has 3 aliphatic rings. The van der Waals surface area contributed by atoms with E-state index in [-0.39, 0.29) is 5.60 Å². The molecule has 3 fully saturated rings. The molecule has 2 aliphatic heterocycles. The van der Waals surface area contributed by atoms with Gasteiger partial charge in [-0.05, 0) is 52.1 Å². The van der Waals surface area contributed by atoms with Gasteiger partial charge in [0.2, 0.25) is 0 Å². The van der Waals surface area contributed by atoms with E-state index in [0.717, 1.165) is 12.6 Å². The van der Waals surface area contributed by atoms with Gasteiger partial charge in [0.15, 0.2) is 0 Å². The topological polar surface area (TPSA) is 24.5 Å². The average Bonchev–Trinajstić information content (AvgIpc) is 2.85. The molecule has 0 aromatic heterocycles. The van der Waals surface area contributed by atoms with E-state index in [1.165, 1.54) is 77.3 Å². The lowest BCUT2D eigenvalue weighted by molar-refractivity contribution is -0.0765. The summed E-state index contributed by atoms with van der Waals surface area (Å²) in [4.78, 5) is 2.70. The van der Waals surface area contributed by atoms with Crippen molar-refractivity contribution in [2.75, 3.05) is 26.7 Å². The van der Waals surface area contributed by atoms with Gasteiger partial charge in [0.1, 0.15) is 0 Å². The predicted molar refractivity (Wildman–Crippen MR) is 83.1 cm³/mol. The molecule has 3 rings (SSSR count). The van der Waals surface area contributed by atoms with E-state index in [1.807, 2.05) is 0 Å². The Labute approximate surface area is 124 Å². The van der Waals surface area contributed by atoms with E-state index in [9.17, 15) is 0 Å². The number of hydrogen-bond donors (Lipinski definition) is 1. The van der Waals surface area contributed by atoms with Gasteiger partial charge in [-0.2, -0.15) is 0 Å². The summed E-state index contributed by atoms with van der Waals surface area (Å²) in [6.45, 7) is 3.59. The van der Waals surface area contributed by atoms with Gasteiger partial charge in [-0.1, -0.05) is 25.7 Å². The van der Waals surface area contributed by atoms with Crippen molar-refractivity contribution in [1.29, 1.82) is 0 Å². The van der Waals surface area contributed by atoms with Crippen LogP contribution in [-0.4, -0.2) is 49.3 Å². The molecule has 2 heterocycles. The minimum atomic E-state index is 0.289. The Morgan fingerprint density at radius 3 is 2.70 bits per heavy atom. The van der Waals surface area contributed by atoms with Crippen molar-refractivity contribution < 1.29 is 4.74 Å². The number of nitrogens with one attached hydrogen (secondary N) is 1. The molecule has 0 aromatic carbocycles. The third-order valence-electron chi connectivity index (χ3n) is 5.73. The third kappa shape index (κ3) is 3.37. The quantitative estimate of drug-likeness (QED) is 0.857. The van der Waals surface area contributed by atoms with Crippen molar-refractivity contribution in [3.05, 3.63) is 0 Å². The van der Waals surface area contributed by atoms with Crippen LogP contribution >= 0.6 is 0 Å². The molecule has 1 N–H and O–H groups in total. The van der Waals surface area contributed by atoms with E-state index < -0.39 is 0 Å². The number of likely N-dealkylation sites (tertiary alicyclic amines) is 1. The molecule has 20 heavy (non-hydrogen) atoms. The molecule has 116 valence electrons. The second kappa shape index (κ2) is 6.76. The molecule has 1 saturated carbocycles. The molecule has 2 saturated heterocycles. The third-order valence-corrected chi connectivity index (χ3v) is 5.73. The fourth-order valence-electron chi connectivity index (χ4n) is 4.62. The molecule has 0 amide bonds. The summed E-state index contributed by atoms with van der Waals surface area (Å²) < 4.78 is 6.56. The highest BCUT2D eigenvalue weighted by atomic mass is 16.5. The summed E-state index contributed by atoms with van der Waals surface area (Å²) >= 11 is 0. The Morgan fingerprint density at radius 1 is 1.05 bits per heavy atom. The van der Waals surface area contributed by atoms with Gasteiger partial charge in [0.05, 0.1) is 11.7 Å². The number of likely N-dealkylation sites (N-methyl/N-ethyl adjacent to an activating group) is 1. The normalized spacial score (nSPS) is 34.6. The molecule has 1 spiro atoms. The first-order valence-corrected chi connectivity index (χ1v) is 8.88. The molecule has 2 atom stereocenters. The Morgan fingerprint density at radius 2 is 1.90 bits per heavy atom. The molecule has 0 aromatic rings. The number of hydrogen-bond acceptors (Lipinski definition) is 3. The van der Waals surface area contributed by atoms with Crippen LogP contribution in [0.15, 0.2) is 0 Å². The van der Waals surface area contributed by atoms with E-state index in [2.05, 4.69) is 17.3 Å². The van der Waals surface area contributed by atoms with Gasteiger partial charge in [-0.3, -0.25) is 4.90 Å². The van der Waals surface area contributed by atoms with Crippen molar-refractivity contribution >= 4 is 0 Å². The van der Waals surface area contributed by atoms with Crippen LogP contribution in [0, 0.1) is 0 Å². The largest absolute Gasteiger partial charge is 0.370 e. The first-order chi connectivity index (χ1) is 9.81. The average molecular weight is 280 g/mol. The molecule has 3 heteroatoms. The zero-order valence-electron chi connectivity index (χ0n) is 13.2. The smallest absolute Gasteiger partial charge is 0.0710 e. The van der Waals surface area contributed by atoms with Gasteiger partial charge >= 0.3 is 0 Å². The standard InChI is InChI=1S/C17H32N2O/c1-18-13-15-7-3-6-12-19(15)14-16-8-11-17(20-16)9-4-2-5-10-17/h15-16,18H,2-14H2,1H3. The highest BCUT2D eigenvalue weighted by Crippen LogP contribution is 2.42. The van der Waals surface area contributed by atoms with Crippen LogP contribution in [0.3, 0.4) is 0 Å². The fourth-order valence-corrected chi connectivity index (χ4v) is 4.62. The fraction of sp³-hybridized carbons (Fsp3) is 1.00. The van der Waals surface area contributed by atoms with Gasteiger partial charge in [-0.15, -0.1) is 0 Å². The van der Waals surface area contributed by atoms with Crippen LogP contribution in [0.4, 0.5) is 0 Å². The highest BCUT2D eigenvalue weighted by Gasteiger charge is 2.41. The van der Waals surface area contributed by atoms with E-state index >= 15 is 0 Å². The minimum Gasteiger partial charge on any atom is -0.370 e. The maximum absolute atomic E-state index is 6.56. The summed E-state index contributed by atoms with van der Waals surface area (Å²) in [5.41, 5.74) is 0.289. The molecular weight excluding hydrogens is 248 g/mol. The van der Waals surface area contributed by atoms with Crippen LogP contribution in [0.5, 0.6) is 0 Å². The zero-order chi connectivity index (χ0) is 13.8. The first kappa shape index (κ1) is 14.8. The zero-order valence-corrected chi connectivity index (χ0v) is 13.2. The van der Waals surface area contributed by atoms with Gasteiger partial charge in [0.25, 0.3) is 0 Å². The maximum Gasteiger partial charge on any atom is 0.0710 e. The summed E-state index contributed by atoms with van der Waals surface area (Å²) in [7, 11) is 2.08. The summed E-state index contributed by atoms with van der Waals surface area (Å²) in [5.74, 6) is 0. The van der Waals surface area contributed by atoms with Crippen LogP contribution in [0.1, 0.15) is 64.2 Å². The monoisotopic (exact) mass is 280 g/mol. The Hall–Kier alpha value is -0.120. The highest BCUT2D eigenvalue weighted by molar-refractivity contribution is 4.93. The predicted octanol–water partition coefficient (Wildman–Crippen LogP) is 2.94. The Kier molecular flexibility index (Phi) is 5.00. The van der Waals surface area contributed by atoms with Crippen molar-refractivity contribution in [3.63, 3.8) is 0 Å². The molecule has 3 nitrogen and oxygen atoms in total. The van der Waals surface area contributed by atoms with Crippen molar-refractivity contribution in [2.45, 2.75) is 82.0 Å². The second-order valence-corrected chi connectivity index (χ2v) is 7.22. The van der Waals surface area contributed by atoms with Crippen LogP contribution in [-0.2, 0) is 4.74 Å². The lowest BCUT2D eigenvalue weighted by Crippen LogP contribution is -2.48. The second-order valence-electron chi connectivity index (χ2n) is 7.22. The van der Waals surface area contributed by atoms with Crippen molar-refractivity contribution in [2.24, 2.45) is 0 Å². The summed E-state index contributed by atoms with van der Waals surface area (Å²) in [6, 6.07) is 0.736. The molecule has 1 aliphatic carbocycles. The summed E-state index contributed by atoms with van der Waals surface area (Å²) in [5, 5.41) is 3.37. The number of nitrogens with zero attached hydrogens (tertiary/aromatic N) is 1. The van der Waals surface area contributed by atoms with E-state index in [4.69, 9.17) is 4.74 Å². The minimum absolute atomic E-state index is 0.289. The van der Waals surface area contributed by atoms with Crippen molar-refractivity contribution in [1.82, 2.24) is 10.2 Å². The Balaban J connectivity index is 1.52. The van der Waals surface area contributed by atoms with E-state index in [0.29, 0.717) is 6.10 Å². The van der Waals surface area contributed by atoms with Crippen molar-refractivity contribution in [3.8, 4) is 0 Å². The molecule has 2 unspecified atom stereocenters. The lowest BCUT2D eigenvalue weighted by atomic mass is 9.83. The van der Waals surface area contributed by atoms with Gasteiger partial charge < -0.3 is 10.1 Å².